The highest BCUT2D eigenvalue weighted by molar-refractivity contribution is 7.10. The number of ether oxygens (including phenoxy) is 1. The lowest BCUT2D eigenvalue weighted by Gasteiger charge is -2.35. The lowest BCUT2D eigenvalue weighted by molar-refractivity contribution is -0.141. The second-order valence-electron chi connectivity index (χ2n) is 12.3. The van der Waals surface area contributed by atoms with Crippen molar-refractivity contribution in [3.05, 3.63) is 141 Å². The molecule has 1 amide bonds. The van der Waals surface area contributed by atoms with Crippen LogP contribution in [0.5, 0.6) is 5.75 Å². The molecule has 1 saturated heterocycles. The van der Waals surface area contributed by atoms with Gasteiger partial charge in [-0.2, -0.15) is 10.1 Å². The smallest absolute Gasteiger partial charge is 0.284 e. The van der Waals surface area contributed by atoms with E-state index in [4.69, 9.17) is 25.8 Å². The minimum Gasteiger partial charge on any atom is -0.489 e. The first-order valence-corrected chi connectivity index (χ1v) is 18.1. The summed E-state index contributed by atoms with van der Waals surface area (Å²) in [7, 11) is 0. The third-order valence-corrected chi connectivity index (χ3v) is 9.67. The third-order valence-electron chi connectivity index (χ3n) is 8.57. The van der Waals surface area contributed by atoms with Crippen LogP contribution in [0, 0.1) is 0 Å². The predicted octanol–water partition coefficient (Wildman–Crippen LogP) is 6.69. The van der Waals surface area contributed by atoms with E-state index < -0.39 is 12.1 Å². The fraction of sp³-hybridized carbons (Fsp3) is 0.205. The Hall–Kier alpha value is -4.95. The Kier molecular flexibility index (Phi) is 13.0. The Morgan fingerprint density at radius 2 is 1.72 bits per heavy atom. The molecule has 2 N–H and O–H groups in total. The largest absolute Gasteiger partial charge is 0.489 e. The van der Waals surface area contributed by atoms with Crippen molar-refractivity contribution in [2.45, 2.75) is 25.8 Å². The van der Waals surface area contributed by atoms with Gasteiger partial charge in [0.05, 0.1) is 23.5 Å². The number of hydrazone groups is 1. The molecule has 14 heteroatoms. The molecule has 0 saturated carbocycles. The van der Waals surface area contributed by atoms with Crippen LogP contribution < -0.4 is 10.2 Å². The number of nitrogens with zero attached hydrogens (tertiary/aromatic N) is 6. The fourth-order valence-electron chi connectivity index (χ4n) is 5.71. The van der Waals surface area contributed by atoms with Crippen molar-refractivity contribution in [3.8, 4) is 28.4 Å². The maximum atomic E-state index is 12.7. The highest BCUT2D eigenvalue weighted by Crippen LogP contribution is 2.25. The molecule has 4 aromatic carbocycles. The molecule has 7 rings (SSSR count). The van der Waals surface area contributed by atoms with Crippen molar-refractivity contribution >= 4 is 47.5 Å². The van der Waals surface area contributed by atoms with E-state index in [2.05, 4.69) is 37.7 Å². The lowest BCUT2D eigenvalue weighted by Crippen LogP contribution is -2.54. The summed E-state index contributed by atoms with van der Waals surface area (Å²) >= 11 is 7.57. The van der Waals surface area contributed by atoms with Crippen LogP contribution in [0.4, 0.5) is 0 Å². The van der Waals surface area contributed by atoms with Crippen molar-refractivity contribution in [1.29, 1.82) is 0 Å². The lowest BCUT2D eigenvalue weighted by atomic mass is 10.1. The third kappa shape index (κ3) is 10.4. The fourth-order valence-corrected chi connectivity index (χ4v) is 6.67. The Labute approximate surface area is 322 Å². The van der Waals surface area contributed by atoms with Gasteiger partial charge in [-0.3, -0.25) is 14.6 Å². The van der Waals surface area contributed by atoms with Gasteiger partial charge >= 0.3 is 0 Å². The second kappa shape index (κ2) is 18.2. The summed E-state index contributed by atoms with van der Waals surface area (Å²) in [5.74, 6) is 1.17. The van der Waals surface area contributed by atoms with E-state index in [1.807, 2.05) is 84.2 Å². The van der Waals surface area contributed by atoms with Crippen molar-refractivity contribution in [2.24, 2.45) is 5.10 Å². The number of halogens is 2. The van der Waals surface area contributed by atoms with E-state index in [-0.39, 0.29) is 12.4 Å². The van der Waals surface area contributed by atoms with Crippen LogP contribution >= 0.6 is 35.3 Å². The summed E-state index contributed by atoms with van der Waals surface area (Å²) in [6, 6.07) is 33.1. The molecule has 272 valence electrons. The number of benzene rings is 4. The first-order chi connectivity index (χ1) is 25.4. The Morgan fingerprint density at radius 1 is 0.943 bits per heavy atom. The standard InChI is InChI=1S/C39H36ClN7O4S.ClH/c40-32-13-15-33(16-14-32)50-25-28-9-11-30(12-10-28)37-43-35(51-45-37)24-46-17-19-47(20-18-46)39(49)38(48)44-41-23-29-7-4-8-31(21-29)34-26-52-36(42-34)22-27-5-2-1-3-6-27;/h1-16,21,23,26,39,49H,17-20,22,24-25H2,(H,44,48);1H. The average Bonchev–Trinajstić information content (AvgIpc) is 3.85. The summed E-state index contributed by atoms with van der Waals surface area (Å²) in [5, 5.41) is 22.7. The molecule has 0 aliphatic carbocycles. The number of hydrogen-bond donors (Lipinski definition) is 2. The highest BCUT2D eigenvalue weighted by atomic mass is 35.5. The Balaban J connectivity index is 0.00000481. The monoisotopic (exact) mass is 769 g/mol. The molecule has 3 heterocycles. The van der Waals surface area contributed by atoms with E-state index in [9.17, 15) is 9.90 Å². The van der Waals surface area contributed by atoms with E-state index in [0.717, 1.165) is 45.1 Å². The molecule has 1 aliphatic heterocycles. The van der Waals surface area contributed by atoms with E-state index in [0.29, 0.717) is 56.1 Å². The molecule has 0 bridgehead atoms. The van der Waals surface area contributed by atoms with Crippen LogP contribution in [0.1, 0.15) is 27.6 Å². The maximum Gasteiger partial charge on any atom is 0.284 e. The SMILES string of the molecule is Cl.O=C(NN=Cc1cccc(-c2csc(Cc3ccccc3)n2)c1)C(O)N1CCN(Cc2nc(-c3ccc(COc4ccc(Cl)cc4)cc3)no2)CC1. The predicted molar refractivity (Wildman–Crippen MR) is 208 cm³/mol. The first kappa shape index (κ1) is 37.8. The van der Waals surface area contributed by atoms with E-state index in [1.165, 1.54) is 5.56 Å². The van der Waals surface area contributed by atoms with Crippen LogP contribution in [-0.4, -0.2) is 74.6 Å². The first-order valence-electron chi connectivity index (χ1n) is 16.8. The maximum absolute atomic E-state index is 12.7. The number of hydrogen-bond acceptors (Lipinski definition) is 11. The second-order valence-corrected chi connectivity index (χ2v) is 13.7. The average molecular weight is 771 g/mol. The zero-order chi connectivity index (χ0) is 35.7. The van der Waals surface area contributed by atoms with Gasteiger partial charge in [0.2, 0.25) is 11.7 Å². The number of carbonyl (C=O) groups is 1. The van der Waals surface area contributed by atoms with E-state index >= 15 is 0 Å². The van der Waals surface area contributed by atoms with Crippen molar-refractivity contribution in [1.82, 2.24) is 30.4 Å². The van der Waals surface area contributed by atoms with Gasteiger partial charge in [0.25, 0.3) is 5.91 Å². The normalized spacial score (nSPS) is 14.2. The number of piperazine rings is 1. The molecular weight excluding hydrogens is 733 g/mol. The van der Waals surface area contributed by atoms with Gasteiger partial charge in [-0.15, -0.1) is 23.7 Å². The molecule has 2 aromatic heterocycles. The number of aromatic nitrogens is 3. The van der Waals surface area contributed by atoms with Crippen molar-refractivity contribution < 1.29 is 19.2 Å². The van der Waals surface area contributed by atoms with Gasteiger partial charge in [-0.05, 0) is 47.0 Å². The summed E-state index contributed by atoms with van der Waals surface area (Å²) in [6.45, 7) is 3.10. The molecule has 11 nitrogen and oxygen atoms in total. The van der Waals surface area contributed by atoms with Crippen LogP contribution in [0.3, 0.4) is 0 Å². The number of rotatable bonds is 13. The van der Waals surface area contributed by atoms with Crippen LogP contribution in [0.2, 0.25) is 5.02 Å². The van der Waals surface area contributed by atoms with Crippen LogP contribution in [0.25, 0.3) is 22.6 Å². The van der Waals surface area contributed by atoms with Gasteiger partial charge in [-0.25, -0.2) is 10.4 Å². The molecule has 1 atom stereocenters. The molecule has 53 heavy (non-hydrogen) atoms. The number of aliphatic hydroxyl groups excluding tert-OH is 1. The van der Waals surface area contributed by atoms with Gasteiger partial charge in [-0.1, -0.05) is 89.6 Å². The van der Waals surface area contributed by atoms with Crippen LogP contribution in [-0.2, 0) is 24.4 Å². The summed E-state index contributed by atoms with van der Waals surface area (Å²) in [5.41, 5.74) is 8.21. The summed E-state index contributed by atoms with van der Waals surface area (Å²) in [6.07, 6.45) is 1.03. The van der Waals surface area contributed by atoms with E-state index in [1.54, 1.807) is 34.6 Å². The Bertz CT molecular complexity index is 2100. The number of amides is 1. The molecule has 1 unspecified atom stereocenters. The van der Waals surface area contributed by atoms with Gasteiger partial charge < -0.3 is 14.4 Å². The number of nitrogens with one attached hydrogen (secondary N) is 1. The van der Waals surface area contributed by atoms with Crippen molar-refractivity contribution in [2.75, 3.05) is 26.2 Å². The summed E-state index contributed by atoms with van der Waals surface area (Å²) in [4.78, 5) is 26.0. The molecular formula is C39H37Cl2N7O4S. The topological polar surface area (TPSA) is 129 Å². The van der Waals surface area contributed by atoms with Gasteiger partial charge in [0.1, 0.15) is 12.4 Å². The van der Waals surface area contributed by atoms with Gasteiger partial charge in [0, 0.05) is 54.1 Å². The molecule has 0 radical (unpaired) electrons. The number of carbonyl (C=O) groups excluding carboxylic acids is 1. The molecule has 1 fully saturated rings. The quantitative estimate of drug-likeness (QED) is 0.0975. The zero-order valence-corrected chi connectivity index (χ0v) is 30.9. The minimum absolute atomic E-state index is 0. The highest BCUT2D eigenvalue weighted by Gasteiger charge is 2.28. The summed E-state index contributed by atoms with van der Waals surface area (Å²) < 4.78 is 11.3. The van der Waals surface area contributed by atoms with Crippen molar-refractivity contribution in [3.63, 3.8) is 0 Å². The Morgan fingerprint density at radius 3 is 2.49 bits per heavy atom. The number of thiazole rings is 1. The zero-order valence-electron chi connectivity index (χ0n) is 28.5. The number of aliphatic hydroxyl groups is 1. The molecule has 0 spiro atoms. The molecule has 1 aliphatic rings. The van der Waals surface area contributed by atoms with Crippen LogP contribution in [0.15, 0.2) is 118 Å². The van der Waals surface area contributed by atoms with Gasteiger partial charge in [0.15, 0.2) is 6.23 Å². The minimum atomic E-state index is -1.32. The molecule has 6 aromatic rings.